The zero-order valence-corrected chi connectivity index (χ0v) is 16.0. The van der Waals surface area contributed by atoms with Gasteiger partial charge in [-0.1, -0.05) is 60.7 Å². The molecule has 5 heteroatoms. The number of benzene rings is 2. The van der Waals surface area contributed by atoms with Crippen LogP contribution in [0.2, 0.25) is 0 Å². The second-order valence-electron chi connectivity index (χ2n) is 7.38. The Morgan fingerprint density at radius 3 is 2.24 bits per heavy atom. The van der Waals surface area contributed by atoms with Crippen LogP contribution in [0.3, 0.4) is 0 Å². The van der Waals surface area contributed by atoms with Crippen LogP contribution in [0.4, 0.5) is 0 Å². The van der Waals surface area contributed by atoms with Gasteiger partial charge in [-0.05, 0) is 23.3 Å². The summed E-state index contributed by atoms with van der Waals surface area (Å²) in [5.74, 6) is 0.0571. The predicted molar refractivity (Wildman–Crippen MR) is 112 cm³/mol. The van der Waals surface area contributed by atoms with Crippen molar-refractivity contribution in [2.45, 2.75) is 18.9 Å². The van der Waals surface area contributed by atoms with Crippen LogP contribution in [0, 0.1) is 0 Å². The van der Waals surface area contributed by atoms with Crippen molar-refractivity contribution in [3.8, 4) is 0 Å². The third-order valence-corrected chi connectivity index (χ3v) is 5.62. The maximum absolute atomic E-state index is 12.9. The van der Waals surface area contributed by atoms with Crippen molar-refractivity contribution in [2.75, 3.05) is 6.54 Å². The monoisotopic (exact) mass is 382 g/mol. The molecular formula is C24H22N4O. The largest absolute Gasteiger partial charge is 0.357 e. The molecule has 0 spiro atoms. The van der Waals surface area contributed by atoms with E-state index >= 15 is 0 Å². The van der Waals surface area contributed by atoms with Crippen LogP contribution in [0.1, 0.15) is 44.5 Å². The summed E-state index contributed by atoms with van der Waals surface area (Å²) in [7, 11) is 0. The SMILES string of the molecule is O=C(c1ccc[nH]1)N1CCc2[nH]nc(C(c3ccccc3)c3ccccc3)c2C1. The molecule has 0 aliphatic carbocycles. The number of carbonyl (C=O) groups excluding carboxylic acids is 1. The fourth-order valence-electron chi connectivity index (χ4n) is 4.16. The summed E-state index contributed by atoms with van der Waals surface area (Å²) in [5.41, 5.74) is 6.28. The van der Waals surface area contributed by atoms with E-state index in [1.54, 1.807) is 6.20 Å². The Bertz CT molecular complexity index is 1060. The standard InChI is InChI=1S/C24H22N4O/c29-24(21-12-7-14-25-21)28-15-13-20-19(16-28)23(27-26-20)22(17-8-3-1-4-9-17)18-10-5-2-6-11-18/h1-12,14,22,25H,13,15-16H2,(H,26,27). The molecule has 2 N–H and O–H groups in total. The van der Waals surface area contributed by atoms with Gasteiger partial charge in [-0.15, -0.1) is 0 Å². The van der Waals surface area contributed by atoms with E-state index in [4.69, 9.17) is 5.10 Å². The molecule has 1 aliphatic rings. The second-order valence-corrected chi connectivity index (χ2v) is 7.38. The molecule has 0 fully saturated rings. The third-order valence-electron chi connectivity index (χ3n) is 5.62. The van der Waals surface area contributed by atoms with E-state index < -0.39 is 0 Å². The normalized spacial score (nSPS) is 13.5. The molecule has 29 heavy (non-hydrogen) atoms. The minimum Gasteiger partial charge on any atom is -0.357 e. The van der Waals surface area contributed by atoms with Crippen molar-refractivity contribution < 1.29 is 4.79 Å². The third kappa shape index (κ3) is 3.25. The summed E-state index contributed by atoms with van der Waals surface area (Å²) in [6, 6.07) is 24.6. The van der Waals surface area contributed by atoms with Crippen molar-refractivity contribution in [1.29, 1.82) is 0 Å². The van der Waals surface area contributed by atoms with Gasteiger partial charge >= 0.3 is 0 Å². The first kappa shape index (κ1) is 17.5. The first-order valence-corrected chi connectivity index (χ1v) is 9.90. The van der Waals surface area contributed by atoms with Crippen LogP contribution in [0.15, 0.2) is 79.0 Å². The van der Waals surface area contributed by atoms with Crippen molar-refractivity contribution in [3.05, 3.63) is 113 Å². The molecule has 2 aromatic heterocycles. The molecule has 0 saturated heterocycles. The molecule has 5 rings (SSSR count). The molecule has 144 valence electrons. The Hall–Kier alpha value is -3.60. The summed E-state index contributed by atoms with van der Waals surface area (Å²) in [5, 5.41) is 7.98. The number of nitrogens with one attached hydrogen (secondary N) is 2. The summed E-state index contributed by atoms with van der Waals surface area (Å²) < 4.78 is 0. The Morgan fingerprint density at radius 2 is 1.62 bits per heavy atom. The zero-order chi connectivity index (χ0) is 19.6. The maximum atomic E-state index is 12.9. The molecular weight excluding hydrogens is 360 g/mol. The number of hydrogen-bond donors (Lipinski definition) is 2. The van der Waals surface area contributed by atoms with E-state index in [0.29, 0.717) is 18.8 Å². The summed E-state index contributed by atoms with van der Waals surface area (Å²) >= 11 is 0. The highest BCUT2D eigenvalue weighted by molar-refractivity contribution is 5.92. The lowest BCUT2D eigenvalue weighted by Gasteiger charge is -2.28. The number of amides is 1. The molecule has 2 aromatic carbocycles. The highest BCUT2D eigenvalue weighted by atomic mass is 16.2. The van der Waals surface area contributed by atoms with Crippen LogP contribution in [0.25, 0.3) is 0 Å². The topological polar surface area (TPSA) is 64.8 Å². The van der Waals surface area contributed by atoms with Crippen molar-refractivity contribution in [2.24, 2.45) is 0 Å². The lowest BCUT2D eigenvalue weighted by molar-refractivity contribution is 0.0728. The van der Waals surface area contributed by atoms with E-state index in [9.17, 15) is 4.79 Å². The number of aromatic amines is 2. The number of hydrogen-bond acceptors (Lipinski definition) is 2. The molecule has 1 aliphatic heterocycles. The predicted octanol–water partition coefficient (Wildman–Crippen LogP) is 4.12. The lowest BCUT2D eigenvalue weighted by atomic mass is 9.85. The van der Waals surface area contributed by atoms with Gasteiger partial charge < -0.3 is 9.88 Å². The van der Waals surface area contributed by atoms with E-state index in [-0.39, 0.29) is 11.8 Å². The van der Waals surface area contributed by atoms with Crippen molar-refractivity contribution >= 4 is 5.91 Å². The molecule has 1 amide bonds. The highest BCUT2D eigenvalue weighted by Gasteiger charge is 2.30. The number of H-pyrrole nitrogens is 2. The number of rotatable bonds is 4. The van der Waals surface area contributed by atoms with Gasteiger partial charge in [0.05, 0.1) is 11.6 Å². The molecule has 0 atom stereocenters. The van der Waals surface area contributed by atoms with Crippen molar-refractivity contribution in [1.82, 2.24) is 20.1 Å². The minimum atomic E-state index is 0.0259. The molecule has 0 unspecified atom stereocenters. The fourth-order valence-corrected chi connectivity index (χ4v) is 4.16. The van der Waals surface area contributed by atoms with Gasteiger partial charge in [-0.3, -0.25) is 9.89 Å². The molecule has 4 aromatic rings. The van der Waals surface area contributed by atoms with Gasteiger partial charge in [-0.25, -0.2) is 0 Å². The van der Waals surface area contributed by atoms with Crippen LogP contribution in [0.5, 0.6) is 0 Å². The number of aromatic nitrogens is 3. The first-order valence-electron chi connectivity index (χ1n) is 9.90. The number of carbonyl (C=O) groups is 1. The quantitative estimate of drug-likeness (QED) is 0.558. The van der Waals surface area contributed by atoms with Crippen molar-refractivity contribution in [3.63, 3.8) is 0 Å². The highest BCUT2D eigenvalue weighted by Crippen LogP contribution is 2.35. The van der Waals surface area contributed by atoms with E-state index in [1.807, 2.05) is 29.2 Å². The second kappa shape index (κ2) is 7.43. The summed E-state index contributed by atoms with van der Waals surface area (Å²) in [6.07, 6.45) is 2.57. The molecule has 5 nitrogen and oxygen atoms in total. The zero-order valence-electron chi connectivity index (χ0n) is 16.0. The molecule has 0 bridgehead atoms. The molecule has 0 saturated carbocycles. The Kier molecular flexibility index (Phi) is 4.48. The number of nitrogens with zero attached hydrogens (tertiary/aromatic N) is 2. The Balaban J connectivity index is 1.55. The first-order chi connectivity index (χ1) is 14.3. The summed E-state index contributed by atoms with van der Waals surface area (Å²) in [4.78, 5) is 17.8. The average Bonchev–Trinajstić information content (AvgIpc) is 3.45. The average molecular weight is 382 g/mol. The Labute approximate surface area is 169 Å². The van der Waals surface area contributed by atoms with Crippen LogP contribution in [-0.4, -0.2) is 32.5 Å². The van der Waals surface area contributed by atoms with Gasteiger partial charge in [-0.2, -0.15) is 5.10 Å². The fraction of sp³-hybridized carbons (Fsp3) is 0.167. The van der Waals surface area contributed by atoms with Crippen LogP contribution >= 0.6 is 0 Å². The maximum Gasteiger partial charge on any atom is 0.270 e. The van der Waals surface area contributed by atoms with E-state index in [0.717, 1.165) is 23.4 Å². The molecule has 0 radical (unpaired) electrons. The van der Waals surface area contributed by atoms with Gasteiger partial charge in [0.2, 0.25) is 0 Å². The van der Waals surface area contributed by atoms with Gasteiger partial charge in [0, 0.05) is 37.0 Å². The molecule has 3 heterocycles. The smallest absolute Gasteiger partial charge is 0.270 e. The minimum absolute atomic E-state index is 0.0259. The summed E-state index contributed by atoms with van der Waals surface area (Å²) in [6.45, 7) is 1.25. The van der Waals surface area contributed by atoms with E-state index in [1.165, 1.54) is 11.1 Å². The van der Waals surface area contributed by atoms with Gasteiger partial charge in [0.1, 0.15) is 5.69 Å². The van der Waals surface area contributed by atoms with Crippen LogP contribution in [-0.2, 0) is 13.0 Å². The lowest BCUT2D eigenvalue weighted by Crippen LogP contribution is -2.36. The van der Waals surface area contributed by atoms with Crippen LogP contribution < -0.4 is 0 Å². The van der Waals surface area contributed by atoms with Gasteiger partial charge in [0.15, 0.2) is 0 Å². The Morgan fingerprint density at radius 1 is 0.931 bits per heavy atom. The van der Waals surface area contributed by atoms with Gasteiger partial charge in [0.25, 0.3) is 5.91 Å². The van der Waals surface area contributed by atoms with E-state index in [2.05, 4.69) is 58.6 Å². The number of fused-ring (bicyclic) bond motifs is 1.